The van der Waals surface area contributed by atoms with Crippen LogP contribution in [0.1, 0.15) is 33.1 Å². The van der Waals surface area contributed by atoms with Gasteiger partial charge in [0.15, 0.2) is 16.6 Å². The molecule has 0 saturated heterocycles. The van der Waals surface area contributed by atoms with Gasteiger partial charge in [-0.3, -0.25) is 4.79 Å². The Morgan fingerprint density at radius 3 is 0.857 bits per heavy atom. The van der Waals surface area contributed by atoms with Gasteiger partial charge in [0.05, 0.1) is 6.61 Å². The fraction of sp³-hybridized carbons (Fsp3) is 0.972. The molecule has 0 aliphatic heterocycles. The zero-order valence-corrected chi connectivity index (χ0v) is 58.4. The van der Waals surface area contributed by atoms with E-state index in [4.69, 9.17) is 54.7 Å². The molecule has 0 aliphatic rings. The normalized spacial score (nSPS) is 15.5. The molecule has 63 heavy (non-hydrogen) atoms. The number of hydrogen-bond donors (Lipinski definition) is 0. The number of unbranched alkanes of at least 4 members (excludes halogenated alkanes) is 1. The summed E-state index contributed by atoms with van der Waals surface area (Å²) >= 11 is 3.21. The van der Waals surface area contributed by atoms with Gasteiger partial charge in [0.1, 0.15) is 11.4 Å². The highest BCUT2D eigenvalue weighted by atomic mass is 79.9. The SMILES string of the molecule is CCCC[Si](C)(C)O[Si](C)(C)O[Si](C)(C)O[Si](C)(C)O[Si](C)(C)O[Si](C)(C)O[Si](C)(C)O[Si](C)(C)O[Si](C)(C)O[Si](C)(C)O[Si](C)(C)O[Si](C)(C)CCCOCCOC(=O)C(C)Br. The van der Waals surface area contributed by atoms with E-state index in [1.807, 2.05) is 0 Å². The smallest absolute Gasteiger partial charge is 0.319 e. The molecule has 14 nitrogen and oxygen atoms in total. The molecule has 0 amide bonds. The van der Waals surface area contributed by atoms with Crippen LogP contribution in [0.5, 0.6) is 0 Å². The summed E-state index contributed by atoms with van der Waals surface area (Å²) in [5, 5.41) is 0. The van der Waals surface area contributed by atoms with Gasteiger partial charge in [-0.2, -0.15) is 0 Å². The van der Waals surface area contributed by atoms with Crippen molar-refractivity contribution < 1.29 is 59.5 Å². The number of carbonyl (C=O) groups is 1. The number of ether oxygens (including phenoxy) is 2. The average Bonchev–Trinajstić information content (AvgIpc) is 2.91. The van der Waals surface area contributed by atoms with Crippen molar-refractivity contribution in [2.24, 2.45) is 0 Å². The third-order valence-electron chi connectivity index (χ3n) is 8.47. The van der Waals surface area contributed by atoms with Crippen molar-refractivity contribution >= 4 is 124 Å². The largest absolute Gasteiger partial charge is 0.462 e. The first kappa shape index (κ1) is 65.1. The van der Waals surface area contributed by atoms with Gasteiger partial charge < -0.3 is 54.7 Å². The number of rotatable bonds is 33. The highest BCUT2D eigenvalue weighted by molar-refractivity contribution is 9.10. The Bertz CT molecular complexity index is 1400. The van der Waals surface area contributed by atoms with Crippen molar-refractivity contribution in [1.29, 1.82) is 0 Å². The Labute approximate surface area is 407 Å². The van der Waals surface area contributed by atoms with E-state index in [-0.39, 0.29) is 17.4 Å². The standard InChI is InChI=1S/C36H95BrO14Si12/c1-27-28-33-52(3,4)41-54(7,8)43-56(11,12)45-58(15,16)47-60(19,20)49-62(23,24)51-63(25,26)50-61(21,22)48-59(17,18)46-57(13,14)44-55(9,10)42-53(5,6)34-29-30-39-31-32-40-36(38)35(2)37/h35H,27-34H2,1-26H3. The molecule has 0 aromatic heterocycles. The van der Waals surface area contributed by atoms with Gasteiger partial charge in [-0.05, 0) is 183 Å². The number of esters is 1. The van der Waals surface area contributed by atoms with Crippen molar-refractivity contribution in [3.05, 3.63) is 0 Å². The van der Waals surface area contributed by atoms with Gasteiger partial charge in [-0.1, -0.05) is 35.7 Å². The predicted molar refractivity (Wildman–Crippen MR) is 291 cm³/mol. The van der Waals surface area contributed by atoms with Crippen LogP contribution in [0.2, 0.25) is 169 Å². The van der Waals surface area contributed by atoms with Gasteiger partial charge in [-0.15, -0.1) is 0 Å². The molecular formula is C36H95BrO14Si12. The molecule has 378 valence electrons. The summed E-state index contributed by atoms with van der Waals surface area (Å²) in [6.45, 7) is 55.9. The highest BCUT2D eigenvalue weighted by Crippen LogP contribution is 2.32. The van der Waals surface area contributed by atoms with E-state index in [0.717, 1.165) is 18.5 Å². The Morgan fingerprint density at radius 2 is 0.619 bits per heavy atom. The zero-order chi connectivity index (χ0) is 50.0. The maximum absolute atomic E-state index is 11.6. The molecule has 0 heterocycles. The lowest BCUT2D eigenvalue weighted by Crippen LogP contribution is -2.62. The first-order chi connectivity index (χ1) is 27.7. The van der Waals surface area contributed by atoms with E-state index in [1.54, 1.807) is 6.92 Å². The molecule has 1 unspecified atom stereocenters. The topological polar surface area (TPSA) is 137 Å². The predicted octanol–water partition coefficient (Wildman–Crippen LogP) is 12.1. The molecule has 0 fully saturated rings. The Hall–Kier alpha value is 2.07. The van der Waals surface area contributed by atoms with E-state index < -0.39 is 102 Å². The second kappa shape index (κ2) is 25.0. The lowest BCUT2D eigenvalue weighted by molar-refractivity contribution is -0.144. The van der Waals surface area contributed by atoms with Crippen LogP contribution in [0.25, 0.3) is 0 Å². The van der Waals surface area contributed by atoms with Crippen molar-refractivity contribution in [2.75, 3.05) is 19.8 Å². The van der Waals surface area contributed by atoms with Gasteiger partial charge in [0.25, 0.3) is 0 Å². The summed E-state index contributed by atoms with van der Waals surface area (Å²) in [5.41, 5.74) is 0. The fourth-order valence-corrected chi connectivity index (χ4v) is 70.4. The fourth-order valence-electron chi connectivity index (χ4n) is 8.59. The summed E-state index contributed by atoms with van der Waals surface area (Å²) < 4.78 is 85.9. The van der Waals surface area contributed by atoms with Crippen LogP contribution >= 0.6 is 15.9 Å². The maximum Gasteiger partial charge on any atom is 0.319 e. The minimum Gasteiger partial charge on any atom is -0.462 e. The van der Waals surface area contributed by atoms with Crippen LogP contribution in [0.4, 0.5) is 0 Å². The van der Waals surface area contributed by atoms with Crippen LogP contribution in [0.15, 0.2) is 0 Å². The van der Waals surface area contributed by atoms with E-state index in [2.05, 4.69) is 180 Å². The Kier molecular flexibility index (Phi) is 25.8. The van der Waals surface area contributed by atoms with Crippen molar-refractivity contribution in [3.8, 4) is 0 Å². The van der Waals surface area contributed by atoms with Gasteiger partial charge in [0, 0.05) is 6.61 Å². The van der Waals surface area contributed by atoms with Crippen LogP contribution in [0.3, 0.4) is 0 Å². The monoisotopic (exact) mass is 1170 g/mol. The van der Waals surface area contributed by atoms with Crippen molar-refractivity contribution in [2.45, 2.75) is 207 Å². The van der Waals surface area contributed by atoms with E-state index in [1.165, 1.54) is 12.8 Å². The Balaban J connectivity index is 5.42. The Morgan fingerprint density at radius 1 is 0.381 bits per heavy atom. The maximum atomic E-state index is 11.6. The van der Waals surface area contributed by atoms with Crippen LogP contribution < -0.4 is 0 Å². The molecule has 0 bridgehead atoms. The first-order valence-electron chi connectivity index (χ1n) is 22.8. The van der Waals surface area contributed by atoms with Crippen molar-refractivity contribution in [1.82, 2.24) is 0 Å². The molecule has 0 saturated carbocycles. The molecule has 0 radical (unpaired) electrons. The highest BCUT2D eigenvalue weighted by Gasteiger charge is 2.51. The minimum absolute atomic E-state index is 0.246. The molecule has 0 rings (SSSR count). The molecule has 0 aromatic rings. The number of halogens is 1. The summed E-state index contributed by atoms with van der Waals surface area (Å²) in [5.74, 6) is -0.286. The van der Waals surface area contributed by atoms with Crippen LogP contribution in [0, 0.1) is 0 Å². The molecule has 1 atom stereocenters. The molecule has 0 N–H and O–H groups in total. The second-order valence-corrected chi connectivity index (χ2v) is 68.6. The lowest BCUT2D eigenvalue weighted by atomic mass is 10.4. The third kappa shape index (κ3) is 31.8. The third-order valence-corrected chi connectivity index (χ3v) is 55.7. The number of carbonyl (C=O) groups excluding carboxylic acids is 1. The van der Waals surface area contributed by atoms with E-state index in [9.17, 15) is 4.79 Å². The average molecular weight is 1170 g/mol. The summed E-state index contributed by atoms with van der Waals surface area (Å²) in [4.78, 5) is 11.3. The number of alkyl halides is 1. The second-order valence-electron chi connectivity index (χ2n) is 22.2. The number of hydrogen-bond acceptors (Lipinski definition) is 14. The zero-order valence-electron chi connectivity index (χ0n) is 44.8. The van der Waals surface area contributed by atoms with E-state index >= 15 is 0 Å². The molecule has 0 aliphatic carbocycles. The molecule has 0 aromatic carbocycles. The minimum atomic E-state index is -2.77. The summed E-state index contributed by atoms with van der Waals surface area (Å²) in [6.07, 6.45) is 3.21. The quantitative estimate of drug-likeness (QED) is 0.0267. The molecular weight excluding hydrogens is 1070 g/mol. The van der Waals surface area contributed by atoms with E-state index in [0.29, 0.717) is 13.2 Å². The summed E-state index contributed by atoms with van der Waals surface area (Å²) in [7, 11) is -30.7. The van der Waals surface area contributed by atoms with Crippen LogP contribution in [-0.4, -0.2) is 133 Å². The van der Waals surface area contributed by atoms with Crippen LogP contribution in [-0.2, 0) is 59.5 Å². The first-order valence-corrected chi connectivity index (χ1v) is 58.1. The van der Waals surface area contributed by atoms with Gasteiger partial charge >= 0.3 is 91.6 Å². The van der Waals surface area contributed by atoms with Crippen molar-refractivity contribution in [3.63, 3.8) is 0 Å². The lowest BCUT2D eigenvalue weighted by Gasteiger charge is -2.45. The molecule has 0 spiro atoms. The molecule has 27 heteroatoms. The van der Waals surface area contributed by atoms with Gasteiger partial charge in [0.2, 0.25) is 0 Å². The van der Waals surface area contributed by atoms with Gasteiger partial charge in [-0.25, -0.2) is 0 Å². The summed E-state index contributed by atoms with van der Waals surface area (Å²) in [6, 6.07) is 2.06.